The van der Waals surface area contributed by atoms with Crippen LogP contribution in [0.15, 0.2) is 12.1 Å². The molecule has 1 aromatic carbocycles. The van der Waals surface area contributed by atoms with Gasteiger partial charge in [-0.25, -0.2) is 4.39 Å². The molecule has 2 heterocycles. The van der Waals surface area contributed by atoms with Crippen LogP contribution in [0.25, 0.3) is 0 Å². The third-order valence-electron chi connectivity index (χ3n) is 3.99. The Balaban J connectivity index is 1.87. The molecule has 1 fully saturated rings. The number of anilines is 1. The number of nitrogens with zero attached hydrogens (tertiary/aromatic N) is 1. The lowest BCUT2D eigenvalue weighted by atomic mass is 9.96. The Morgan fingerprint density at radius 1 is 1.19 bits per heavy atom. The number of hydrogen-bond acceptors (Lipinski definition) is 4. The van der Waals surface area contributed by atoms with E-state index in [2.05, 4.69) is 5.32 Å². The molecule has 1 saturated heterocycles. The second kappa shape index (κ2) is 4.83. The highest BCUT2D eigenvalue weighted by atomic mass is 19.1. The molecule has 2 aliphatic heterocycles. The van der Waals surface area contributed by atoms with E-state index in [9.17, 15) is 18.8 Å². The number of carbonyl (C=O) groups is 3. The maximum atomic E-state index is 14.1. The van der Waals surface area contributed by atoms with Gasteiger partial charge in [0, 0.05) is 13.1 Å². The maximum Gasteiger partial charge on any atom is 0.306 e. The molecule has 0 unspecified atom stereocenters. The largest absolute Gasteiger partial charge is 0.481 e. The topological polar surface area (TPSA) is 86.7 Å². The number of fused-ring (bicyclic) bond motifs is 1. The van der Waals surface area contributed by atoms with E-state index in [1.54, 1.807) is 4.90 Å². The number of imide groups is 1. The molecule has 0 aromatic heterocycles. The van der Waals surface area contributed by atoms with Crippen molar-refractivity contribution in [3.8, 4) is 0 Å². The van der Waals surface area contributed by atoms with Crippen molar-refractivity contribution in [2.45, 2.75) is 12.8 Å². The van der Waals surface area contributed by atoms with Crippen LogP contribution in [0, 0.1) is 11.7 Å². The molecule has 21 heavy (non-hydrogen) atoms. The molecule has 6 nitrogen and oxygen atoms in total. The normalized spacial score (nSPS) is 18.6. The van der Waals surface area contributed by atoms with Crippen molar-refractivity contribution >= 4 is 23.5 Å². The van der Waals surface area contributed by atoms with Gasteiger partial charge in [-0.3, -0.25) is 19.7 Å². The zero-order valence-corrected chi connectivity index (χ0v) is 11.1. The number of amides is 2. The lowest BCUT2D eigenvalue weighted by molar-refractivity contribution is -0.142. The molecule has 0 atom stereocenters. The van der Waals surface area contributed by atoms with Crippen LogP contribution in [0.5, 0.6) is 0 Å². The van der Waals surface area contributed by atoms with Crippen LogP contribution >= 0.6 is 0 Å². The number of carbonyl (C=O) groups excluding carboxylic acids is 2. The summed E-state index contributed by atoms with van der Waals surface area (Å²) in [6.07, 6.45) is 0.855. The highest BCUT2D eigenvalue weighted by molar-refractivity contribution is 6.21. The van der Waals surface area contributed by atoms with Gasteiger partial charge in [-0.2, -0.15) is 0 Å². The van der Waals surface area contributed by atoms with Crippen LogP contribution in [0.3, 0.4) is 0 Å². The highest BCUT2D eigenvalue weighted by Crippen LogP contribution is 2.30. The minimum Gasteiger partial charge on any atom is -0.481 e. The molecule has 2 amide bonds. The van der Waals surface area contributed by atoms with Crippen molar-refractivity contribution in [3.63, 3.8) is 0 Å². The monoisotopic (exact) mass is 292 g/mol. The van der Waals surface area contributed by atoms with Gasteiger partial charge in [0.05, 0.1) is 22.7 Å². The maximum absolute atomic E-state index is 14.1. The average Bonchev–Trinajstić information content (AvgIpc) is 2.73. The molecule has 7 heteroatoms. The fourth-order valence-corrected chi connectivity index (χ4v) is 2.79. The van der Waals surface area contributed by atoms with Gasteiger partial charge in [0.2, 0.25) is 0 Å². The van der Waals surface area contributed by atoms with Crippen molar-refractivity contribution in [3.05, 3.63) is 29.1 Å². The number of aliphatic carboxylic acids is 1. The molecule has 2 aliphatic rings. The van der Waals surface area contributed by atoms with E-state index >= 15 is 0 Å². The van der Waals surface area contributed by atoms with E-state index in [1.165, 1.54) is 6.07 Å². The van der Waals surface area contributed by atoms with Crippen LogP contribution < -0.4 is 10.2 Å². The number of nitrogens with one attached hydrogen (secondary N) is 1. The van der Waals surface area contributed by atoms with Gasteiger partial charge in [-0.05, 0) is 25.0 Å². The number of hydrogen-bond donors (Lipinski definition) is 2. The van der Waals surface area contributed by atoms with Gasteiger partial charge in [0.25, 0.3) is 11.8 Å². The molecule has 110 valence electrons. The Hall–Kier alpha value is -2.44. The summed E-state index contributed by atoms with van der Waals surface area (Å²) in [4.78, 5) is 35.7. The zero-order chi connectivity index (χ0) is 15.1. The van der Waals surface area contributed by atoms with Crippen molar-refractivity contribution in [2.75, 3.05) is 18.0 Å². The molecule has 0 spiro atoms. The lowest BCUT2D eigenvalue weighted by Crippen LogP contribution is -2.36. The number of halogens is 1. The van der Waals surface area contributed by atoms with Crippen LogP contribution in [0.4, 0.5) is 10.1 Å². The summed E-state index contributed by atoms with van der Waals surface area (Å²) in [5, 5.41) is 11.1. The van der Waals surface area contributed by atoms with E-state index in [-0.39, 0.29) is 16.8 Å². The van der Waals surface area contributed by atoms with Gasteiger partial charge in [0.1, 0.15) is 5.82 Å². The predicted molar refractivity (Wildman–Crippen MR) is 70.8 cm³/mol. The Morgan fingerprint density at radius 2 is 1.76 bits per heavy atom. The molecule has 2 N–H and O–H groups in total. The van der Waals surface area contributed by atoms with Crippen LogP contribution in [-0.4, -0.2) is 36.0 Å². The van der Waals surface area contributed by atoms with Crippen molar-refractivity contribution in [1.29, 1.82) is 0 Å². The summed E-state index contributed by atoms with van der Waals surface area (Å²) in [5.74, 6) is -2.95. The molecular formula is C14H13FN2O4. The Morgan fingerprint density at radius 3 is 2.33 bits per heavy atom. The summed E-state index contributed by atoms with van der Waals surface area (Å²) in [6.45, 7) is 0.810. The molecular weight excluding hydrogens is 279 g/mol. The minimum atomic E-state index is -0.839. The first-order valence-corrected chi connectivity index (χ1v) is 6.64. The fraction of sp³-hybridized carbons (Fsp3) is 0.357. The van der Waals surface area contributed by atoms with Gasteiger partial charge in [0.15, 0.2) is 0 Å². The van der Waals surface area contributed by atoms with E-state index in [0.717, 1.165) is 6.07 Å². The third kappa shape index (κ3) is 2.24. The molecule has 0 saturated carbocycles. The third-order valence-corrected chi connectivity index (χ3v) is 3.99. The van der Waals surface area contributed by atoms with Crippen molar-refractivity contribution in [2.24, 2.45) is 5.92 Å². The van der Waals surface area contributed by atoms with E-state index < -0.39 is 29.5 Å². The Kier molecular flexibility index (Phi) is 3.12. The second-order valence-electron chi connectivity index (χ2n) is 5.23. The Bertz CT molecular complexity index is 651. The van der Waals surface area contributed by atoms with E-state index in [0.29, 0.717) is 25.9 Å². The summed E-state index contributed by atoms with van der Waals surface area (Å²) in [6, 6.07) is 2.43. The second-order valence-corrected chi connectivity index (χ2v) is 5.23. The van der Waals surface area contributed by atoms with Crippen molar-refractivity contribution in [1.82, 2.24) is 5.32 Å². The SMILES string of the molecule is O=C1NC(=O)c2cc(N3CCC(C(=O)O)CC3)c(F)cc21. The first-order chi connectivity index (χ1) is 9.97. The number of carboxylic acid groups (broad SMARTS) is 1. The lowest BCUT2D eigenvalue weighted by Gasteiger charge is -2.32. The molecule has 3 rings (SSSR count). The zero-order valence-electron chi connectivity index (χ0n) is 11.1. The van der Waals surface area contributed by atoms with Gasteiger partial charge < -0.3 is 10.0 Å². The van der Waals surface area contributed by atoms with Crippen LogP contribution in [-0.2, 0) is 4.79 Å². The summed E-state index contributed by atoms with van der Waals surface area (Å²) < 4.78 is 14.1. The van der Waals surface area contributed by atoms with Crippen LogP contribution in [0.1, 0.15) is 33.6 Å². The van der Waals surface area contributed by atoms with Gasteiger partial charge in [-0.1, -0.05) is 0 Å². The van der Waals surface area contributed by atoms with Gasteiger partial charge >= 0.3 is 5.97 Å². The number of piperidine rings is 1. The highest BCUT2D eigenvalue weighted by Gasteiger charge is 2.31. The molecule has 1 aromatic rings. The van der Waals surface area contributed by atoms with Gasteiger partial charge in [-0.15, -0.1) is 0 Å². The summed E-state index contributed by atoms with van der Waals surface area (Å²) in [5.41, 5.74) is 0.445. The standard InChI is InChI=1S/C14H13FN2O4/c15-10-5-8-9(13(19)16-12(8)18)6-11(10)17-3-1-7(2-4-17)14(20)21/h5-7H,1-4H2,(H,20,21)(H,16,18,19). The van der Waals surface area contributed by atoms with E-state index in [4.69, 9.17) is 5.11 Å². The Labute approximate surface area is 119 Å². The molecule has 0 bridgehead atoms. The quantitative estimate of drug-likeness (QED) is 0.794. The molecule has 0 radical (unpaired) electrons. The first-order valence-electron chi connectivity index (χ1n) is 6.64. The number of carboxylic acids is 1. The summed E-state index contributed by atoms with van der Waals surface area (Å²) >= 11 is 0. The first kappa shape index (κ1) is 13.5. The van der Waals surface area contributed by atoms with Crippen LogP contribution in [0.2, 0.25) is 0 Å². The summed E-state index contributed by atoms with van der Waals surface area (Å²) in [7, 11) is 0. The predicted octanol–water partition coefficient (Wildman–Crippen LogP) is 1.01. The molecule has 0 aliphatic carbocycles. The number of benzene rings is 1. The smallest absolute Gasteiger partial charge is 0.306 e. The fourth-order valence-electron chi connectivity index (χ4n) is 2.79. The number of rotatable bonds is 2. The van der Waals surface area contributed by atoms with E-state index in [1.807, 2.05) is 0 Å². The average molecular weight is 292 g/mol. The minimum absolute atomic E-state index is 0.0432. The van der Waals surface area contributed by atoms with Crippen molar-refractivity contribution < 1.29 is 23.9 Å².